The molecule has 1 N–H and O–H groups in total. The minimum absolute atomic E-state index is 0.214. The molecule has 5 rings (SSSR count). The van der Waals surface area contributed by atoms with E-state index in [2.05, 4.69) is 57.7 Å². The Balaban J connectivity index is 1.50. The summed E-state index contributed by atoms with van der Waals surface area (Å²) in [6.07, 6.45) is 3.79. The molecule has 1 aliphatic rings. The molecule has 0 spiro atoms. The maximum absolute atomic E-state index is 13.2. The first-order chi connectivity index (χ1) is 17.7. The van der Waals surface area contributed by atoms with Gasteiger partial charge in [0.15, 0.2) is 11.5 Å². The lowest BCUT2D eigenvalue weighted by atomic mass is 10.1. The molecule has 1 fully saturated rings. The number of nitrogens with zero attached hydrogens (tertiary/aromatic N) is 7. The third-order valence-electron chi connectivity index (χ3n) is 6.77. The van der Waals surface area contributed by atoms with Crippen LogP contribution in [0, 0.1) is 0 Å². The van der Waals surface area contributed by atoms with E-state index in [1.807, 2.05) is 6.07 Å². The molecule has 1 saturated heterocycles. The maximum Gasteiger partial charge on any atom is 0.278 e. The van der Waals surface area contributed by atoms with Crippen LogP contribution in [0.25, 0.3) is 16.9 Å². The van der Waals surface area contributed by atoms with Crippen LogP contribution < -0.4 is 10.5 Å². The molecule has 37 heavy (non-hydrogen) atoms. The highest BCUT2D eigenvalue weighted by molar-refractivity contribution is 5.75. The van der Waals surface area contributed by atoms with Gasteiger partial charge in [0, 0.05) is 44.5 Å². The van der Waals surface area contributed by atoms with Crippen LogP contribution in [0.3, 0.4) is 0 Å². The van der Waals surface area contributed by atoms with Crippen molar-refractivity contribution in [3.63, 3.8) is 0 Å². The average molecular weight is 500 g/mol. The van der Waals surface area contributed by atoms with Gasteiger partial charge < -0.3 is 14.9 Å². The molecule has 192 valence electrons. The van der Waals surface area contributed by atoms with Gasteiger partial charge in [0.2, 0.25) is 0 Å². The monoisotopic (exact) mass is 499 g/mol. The Hall–Kier alpha value is -3.82. The summed E-state index contributed by atoms with van der Waals surface area (Å²) in [7, 11) is 2.16. The van der Waals surface area contributed by atoms with Crippen LogP contribution in [0.1, 0.15) is 30.9 Å². The second-order valence-corrected chi connectivity index (χ2v) is 10.1. The van der Waals surface area contributed by atoms with Crippen LogP contribution in [0.15, 0.2) is 66.1 Å². The Kier molecular flexibility index (Phi) is 6.66. The van der Waals surface area contributed by atoms with Gasteiger partial charge in [0.1, 0.15) is 16.8 Å². The highest BCUT2D eigenvalue weighted by Gasteiger charge is 2.22. The lowest BCUT2D eigenvalue weighted by molar-refractivity contribution is 0.0738. The summed E-state index contributed by atoms with van der Waals surface area (Å²) in [6.45, 7) is 11.6. The fourth-order valence-corrected chi connectivity index (χ4v) is 4.62. The second-order valence-electron chi connectivity index (χ2n) is 10.1. The predicted molar refractivity (Wildman–Crippen MR) is 145 cm³/mol. The van der Waals surface area contributed by atoms with Crippen molar-refractivity contribution in [2.45, 2.75) is 32.4 Å². The van der Waals surface area contributed by atoms with Crippen molar-refractivity contribution < 1.29 is 5.11 Å². The highest BCUT2D eigenvalue weighted by atomic mass is 16.3. The minimum Gasteiger partial charge on any atom is -0.384 e. The van der Waals surface area contributed by atoms with Gasteiger partial charge in [-0.15, -0.1) is 6.58 Å². The molecule has 0 aliphatic carbocycles. The number of fused-ring (bicyclic) bond motifs is 1. The Morgan fingerprint density at radius 1 is 1.05 bits per heavy atom. The van der Waals surface area contributed by atoms with E-state index in [4.69, 9.17) is 4.98 Å². The smallest absolute Gasteiger partial charge is 0.278 e. The molecule has 1 aliphatic heterocycles. The molecule has 0 unspecified atom stereocenters. The number of aromatic nitrogens is 5. The molecule has 4 heterocycles. The largest absolute Gasteiger partial charge is 0.384 e. The highest BCUT2D eigenvalue weighted by Crippen LogP contribution is 2.22. The first-order valence-electron chi connectivity index (χ1n) is 12.6. The van der Waals surface area contributed by atoms with E-state index in [0.717, 1.165) is 31.7 Å². The number of aliphatic hydroxyl groups is 1. The SMILES string of the molecule is C=CCn1c(=O)c2cnc(Cc3ccc(N4CCN(C)CC4)cc3)nc2n1-c1cccc(C(C)(C)O)n1. The summed E-state index contributed by atoms with van der Waals surface area (Å²) in [5.74, 6) is 1.11. The standard InChI is InChI=1S/C28H33N7O2/c1-5-13-34-27(36)22-19-29-24(18-20-9-11-21(12-10-20)33-16-14-32(4)15-17-33)31-26(22)35(34)25-8-6-7-23(30-25)28(2,3)37/h5-12,19,37H,1,13-18H2,2-4H3. The Morgan fingerprint density at radius 2 is 1.78 bits per heavy atom. The van der Waals surface area contributed by atoms with Gasteiger partial charge in [0.25, 0.3) is 5.56 Å². The summed E-state index contributed by atoms with van der Waals surface area (Å²) < 4.78 is 3.23. The third-order valence-corrected chi connectivity index (χ3v) is 6.77. The second kappa shape index (κ2) is 9.91. The zero-order valence-electron chi connectivity index (χ0n) is 21.6. The van der Waals surface area contributed by atoms with Gasteiger partial charge in [-0.1, -0.05) is 24.3 Å². The molecule has 0 atom stereocenters. The molecule has 9 heteroatoms. The van der Waals surface area contributed by atoms with Crippen LogP contribution in [0.4, 0.5) is 5.69 Å². The topological polar surface area (TPSA) is 92.3 Å². The number of likely N-dealkylation sites (N-methyl/N-ethyl adjacent to an activating group) is 1. The van der Waals surface area contributed by atoms with Gasteiger partial charge in [-0.3, -0.25) is 4.79 Å². The predicted octanol–water partition coefficient (Wildman–Crippen LogP) is 2.73. The molecule has 0 amide bonds. The number of piperazine rings is 1. The number of pyridine rings is 1. The fourth-order valence-electron chi connectivity index (χ4n) is 4.62. The number of anilines is 1. The molecule has 3 aromatic heterocycles. The normalized spacial score (nSPS) is 14.9. The summed E-state index contributed by atoms with van der Waals surface area (Å²) in [5, 5.41) is 10.9. The molecule has 1 aromatic carbocycles. The van der Waals surface area contributed by atoms with E-state index < -0.39 is 5.60 Å². The Morgan fingerprint density at radius 3 is 2.46 bits per heavy atom. The van der Waals surface area contributed by atoms with Crippen molar-refractivity contribution in [3.8, 4) is 5.82 Å². The van der Waals surface area contributed by atoms with Crippen LogP contribution in [0.5, 0.6) is 0 Å². The molecular formula is C28H33N7O2. The van der Waals surface area contributed by atoms with E-state index in [0.29, 0.717) is 34.8 Å². The van der Waals surface area contributed by atoms with Crippen molar-refractivity contribution in [3.05, 3.63) is 88.8 Å². The molecule has 9 nitrogen and oxygen atoms in total. The van der Waals surface area contributed by atoms with Crippen molar-refractivity contribution in [2.75, 3.05) is 38.1 Å². The van der Waals surface area contributed by atoms with Crippen molar-refractivity contribution in [2.24, 2.45) is 0 Å². The van der Waals surface area contributed by atoms with E-state index in [9.17, 15) is 9.90 Å². The van der Waals surface area contributed by atoms with E-state index in [1.165, 1.54) is 10.4 Å². The van der Waals surface area contributed by atoms with Crippen LogP contribution in [0.2, 0.25) is 0 Å². The van der Waals surface area contributed by atoms with E-state index in [-0.39, 0.29) is 12.1 Å². The zero-order valence-corrected chi connectivity index (χ0v) is 21.6. The summed E-state index contributed by atoms with van der Waals surface area (Å²) in [4.78, 5) is 31.9. The van der Waals surface area contributed by atoms with Gasteiger partial charge in [-0.2, -0.15) is 0 Å². The number of allylic oxidation sites excluding steroid dienone is 1. The number of benzene rings is 1. The van der Waals surface area contributed by atoms with E-state index >= 15 is 0 Å². The molecule has 0 bridgehead atoms. The van der Waals surface area contributed by atoms with Gasteiger partial charge >= 0.3 is 0 Å². The average Bonchev–Trinajstić information content (AvgIpc) is 3.15. The maximum atomic E-state index is 13.2. The third kappa shape index (κ3) is 5.05. The summed E-state index contributed by atoms with van der Waals surface area (Å²) >= 11 is 0. The number of hydrogen-bond donors (Lipinski definition) is 1. The van der Waals surface area contributed by atoms with E-state index in [1.54, 1.807) is 42.9 Å². The lowest BCUT2D eigenvalue weighted by Gasteiger charge is -2.34. The number of hydrogen-bond acceptors (Lipinski definition) is 7. The summed E-state index contributed by atoms with van der Waals surface area (Å²) in [6, 6.07) is 13.9. The first kappa shape index (κ1) is 24.9. The quantitative estimate of drug-likeness (QED) is 0.391. The van der Waals surface area contributed by atoms with Crippen LogP contribution in [-0.4, -0.2) is 67.5 Å². The molecule has 0 saturated carbocycles. The minimum atomic E-state index is -1.13. The van der Waals surface area contributed by atoms with Crippen LogP contribution >= 0.6 is 0 Å². The van der Waals surface area contributed by atoms with Crippen LogP contribution in [-0.2, 0) is 18.6 Å². The van der Waals surface area contributed by atoms with Crippen molar-refractivity contribution in [1.29, 1.82) is 0 Å². The summed E-state index contributed by atoms with van der Waals surface area (Å²) in [5.41, 5.74) is 1.96. The fraction of sp³-hybridized carbons (Fsp3) is 0.357. The van der Waals surface area contributed by atoms with Crippen molar-refractivity contribution in [1.82, 2.24) is 29.2 Å². The zero-order chi connectivity index (χ0) is 26.2. The van der Waals surface area contributed by atoms with Gasteiger partial charge in [-0.05, 0) is 50.7 Å². The lowest BCUT2D eigenvalue weighted by Crippen LogP contribution is -2.44. The Labute approximate surface area is 216 Å². The molecule has 4 aromatic rings. The van der Waals surface area contributed by atoms with Gasteiger partial charge in [-0.25, -0.2) is 24.3 Å². The molecular weight excluding hydrogens is 466 g/mol. The van der Waals surface area contributed by atoms with Crippen molar-refractivity contribution >= 4 is 16.7 Å². The van der Waals surface area contributed by atoms with Gasteiger partial charge in [0.05, 0.1) is 12.2 Å². The number of rotatable bonds is 7. The Bertz CT molecular complexity index is 1470. The molecule has 0 radical (unpaired) electrons. The first-order valence-corrected chi connectivity index (χ1v) is 12.6.